The zero-order chi connectivity index (χ0) is 30.5. The van der Waals surface area contributed by atoms with Crippen LogP contribution < -0.4 is 20.4 Å². The predicted molar refractivity (Wildman–Crippen MR) is 164 cm³/mol. The Hall–Kier alpha value is -5.11. The first-order valence-corrected chi connectivity index (χ1v) is 14.4. The number of rotatable bonds is 8. The van der Waals surface area contributed by atoms with Gasteiger partial charge in [0.15, 0.2) is 0 Å². The van der Waals surface area contributed by atoms with Crippen LogP contribution in [0.4, 0.5) is 16.2 Å². The Morgan fingerprint density at radius 2 is 1.93 bits per heavy atom. The van der Waals surface area contributed by atoms with Gasteiger partial charge in [0.25, 0.3) is 5.91 Å². The van der Waals surface area contributed by atoms with Gasteiger partial charge in [0.05, 0.1) is 30.8 Å². The number of piperazine rings is 1. The minimum Gasteiger partial charge on any atom is -0.465 e. The summed E-state index contributed by atoms with van der Waals surface area (Å²) in [5.41, 5.74) is 4.04. The molecule has 0 spiro atoms. The predicted octanol–water partition coefficient (Wildman–Crippen LogP) is 3.30. The van der Waals surface area contributed by atoms with E-state index in [1.807, 2.05) is 18.2 Å². The lowest BCUT2D eigenvalue weighted by molar-refractivity contribution is -0.128. The number of carbonyl (C=O) groups is 3. The van der Waals surface area contributed by atoms with Crippen molar-refractivity contribution in [2.75, 3.05) is 42.5 Å². The number of hydrogen-bond donors (Lipinski definition) is 3. The third-order valence-electron chi connectivity index (χ3n) is 8.04. The Kier molecular flexibility index (Phi) is 8.76. The molecule has 2 aliphatic rings. The van der Waals surface area contributed by atoms with E-state index in [9.17, 15) is 19.6 Å². The summed E-state index contributed by atoms with van der Waals surface area (Å²) in [6, 6.07) is 17.7. The molecule has 0 bridgehead atoms. The standard InChI is InChI=1S/C32H35N7O4/c1-3-30(40)39-16-15-38(19-23(39)11-13-33)29-17-26(31(41)35-21(2)18-34-32(42)43)36-27-20-37(14-12-25(27)29)28-10-6-8-22-7-4-5-9-24(22)28/h3-10,17,21,23,34H,1,11-12,14-16,18-20H2,2H3,(H,35,41)(H,42,43)/t21-,23+/m1/s1. The Labute approximate surface area is 250 Å². The molecule has 3 heterocycles. The van der Waals surface area contributed by atoms with E-state index in [-0.39, 0.29) is 30.6 Å². The molecule has 2 atom stereocenters. The average Bonchev–Trinajstić information content (AvgIpc) is 3.02. The van der Waals surface area contributed by atoms with Crippen molar-refractivity contribution in [1.82, 2.24) is 20.5 Å². The molecule has 2 aromatic carbocycles. The van der Waals surface area contributed by atoms with Crippen LogP contribution in [0.3, 0.4) is 0 Å². The fourth-order valence-electron chi connectivity index (χ4n) is 5.96. The summed E-state index contributed by atoms with van der Waals surface area (Å²) < 4.78 is 0. The van der Waals surface area contributed by atoms with Gasteiger partial charge in [0.1, 0.15) is 5.69 Å². The highest BCUT2D eigenvalue weighted by atomic mass is 16.4. The molecule has 11 nitrogen and oxygen atoms in total. The van der Waals surface area contributed by atoms with Crippen LogP contribution in [0.15, 0.2) is 61.2 Å². The lowest BCUT2D eigenvalue weighted by Gasteiger charge is -2.43. The van der Waals surface area contributed by atoms with E-state index in [2.05, 4.69) is 57.3 Å². The molecule has 2 aliphatic heterocycles. The van der Waals surface area contributed by atoms with Gasteiger partial charge in [-0.1, -0.05) is 43.0 Å². The normalized spacial score (nSPS) is 17.0. The molecule has 1 aromatic heterocycles. The van der Waals surface area contributed by atoms with E-state index in [4.69, 9.17) is 10.1 Å². The zero-order valence-corrected chi connectivity index (χ0v) is 24.1. The second-order valence-corrected chi connectivity index (χ2v) is 10.9. The van der Waals surface area contributed by atoms with Crippen LogP contribution in [0.25, 0.3) is 10.8 Å². The van der Waals surface area contributed by atoms with Crippen LogP contribution in [-0.2, 0) is 17.8 Å². The fraction of sp³-hybridized carbons (Fsp3) is 0.344. The number of benzene rings is 2. The molecular formula is C32H35N7O4. The van der Waals surface area contributed by atoms with Crippen LogP contribution >= 0.6 is 0 Å². The highest BCUT2D eigenvalue weighted by molar-refractivity contribution is 5.95. The Morgan fingerprint density at radius 3 is 2.70 bits per heavy atom. The molecule has 43 heavy (non-hydrogen) atoms. The minimum absolute atomic E-state index is 0.0584. The summed E-state index contributed by atoms with van der Waals surface area (Å²) in [5.74, 6) is -0.605. The van der Waals surface area contributed by atoms with Gasteiger partial charge in [0, 0.05) is 61.1 Å². The van der Waals surface area contributed by atoms with Crippen molar-refractivity contribution in [3.63, 3.8) is 0 Å². The first-order chi connectivity index (χ1) is 20.8. The first-order valence-electron chi connectivity index (χ1n) is 14.4. The minimum atomic E-state index is -1.16. The number of carbonyl (C=O) groups excluding carboxylic acids is 2. The quantitative estimate of drug-likeness (QED) is 0.344. The summed E-state index contributed by atoms with van der Waals surface area (Å²) in [6.45, 7) is 8.05. The van der Waals surface area contributed by atoms with Gasteiger partial charge in [-0.15, -0.1) is 0 Å². The summed E-state index contributed by atoms with van der Waals surface area (Å²) >= 11 is 0. The topological polar surface area (TPSA) is 142 Å². The second kappa shape index (κ2) is 12.8. The van der Waals surface area contributed by atoms with Gasteiger partial charge < -0.3 is 30.4 Å². The fourth-order valence-corrected chi connectivity index (χ4v) is 5.96. The van der Waals surface area contributed by atoms with Crippen molar-refractivity contribution in [2.45, 2.75) is 38.4 Å². The molecule has 0 radical (unpaired) electrons. The first kappa shape index (κ1) is 29.4. The Morgan fingerprint density at radius 1 is 1.14 bits per heavy atom. The van der Waals surface area contributed by atoms with Crippen molar-refractivity contribution in [3.05, 3.63) is 78.1 Å². The number of anilines is 2. The molecule has 3 N–H and O–H groups in total. The maximum atomic E-state index is 13.4. The number of pyridine rings is 1. The van der Waals surface area contributed by atoms with Crippen molar-refractivity contribution in [3.8, 4) is 6.07 Å². The molecule has 0 saturated carbocycles. The molecule has 5 rings (SSSR count). The average molecular weight is 582 g/mol. The van der Waals surface area contributed by atoms with E-state index in [0.717, 1.165) is 39.9 Å². The van der Waals surface area contributed by atoms with Crippen LogP contribution in [0.5, 0.6) is 0 Å². The Balaban J connectivity index is 1.50. The molecular weight excluding hydrogens is 546 g/mol. The molecule has 3 aromatic rings. The van der Waals surface area contributed by atoms with Gasteiger partial charge >= 0.3 is 6.09 Å². The molecule has 222 valence electrons. The number of nitrogens with one attached hydrogen (secondary N) is 2. The monoisotopic (exact) mass is 581 g/mol. The largest absolute Gasteiger partial charge is 0.465 e. The summed E-state index contributed by atoms with van der Waals surface area (Å²) in [4.78, 5) is 47.8. The molecule has 1 saturated heterocycles. The number of fused-ring (bicyclic) bond motifs is 2. The number of hydrogen-bond acceptors (Lipinski definition) is 7. The number of nitrogens with zero attached hydrogens (tertiary/aromatic N) is 5. The molecule has 0 aliphatic carbocycles. The van der Waals surface area contributed by atoms with Crippen molar-refractivity contribution >= 4 is 40.1 Å². The van der Waals surface area contributed by atoms with Crippen LogP contribution in [0.1, 0.15) is 35.1 Å². The Bertz CT molecular complexity index is 1600. The van der Waals surface area contributed by atoms with Gasteiger partial charge in [0.2, 0.25) is 5.91 Å². The van der Waals surface area contributed by atoms with Gasteiger partial charge in [-0.3, -0.25) is 9.59 Å². The van der Waals surface area contributed by atoms with Crippen molar-refractivity contribution < 1.29 is 19.5 Å². The third kappa shape index (κ3) is 6.38. The highest BCUT2D eigenvalue weighted by Gasteiger charge is 2.33. The SMILES string of the molecule is C=CC(=O)N1CCN(c2cc(C(=O)N[C@H](C)CNC(=O)O)nc3c2CCN(c2cccc4ccccc24)C3)C[C@@H]1CC#N. The molecule has 11 heteroatoms. The summed E-state index contributed by atoms with van der Waals surface area (Å²) in [6.07, 6.45) is 1.000. The van der Waals surface area contributed by atoms with Crippen LogP contribution in [0, 0.1) is 11.3 Å². The van der Waals surface area contributed by atoms with E-state index in [1.54, 1.807) is 17.9 Å². The lowest BCUT2D eigenvalue weighted by Crippen LogP contribution is -2.55. The highest BCUT2D eigenvalue weighted by Crippen LogP contribution is 2.35. The van der Waals surface area contributed by atoms with Crippen molar-refractivity contribution in [2.24, 2.45) is 0 Å². The maximum Gasteiger partial charge on any atom is 0.404 e. The molecule has 0 unspecified atom stereocenters. The molecule has 1 fully saturated rings. The smallest absolute Gasteiger partial charge is 0.404 e. The molecule has 3 amide bonds. The van der Waals surface area contributed by atoms with Gasteiger partial charge in [-0.2, -0.15) is 5.26 Å². The van der Waals surface area contributed by atoms with E-state index in [1.165, 1.54) is 6.08 Å². The van der Waals surface area contributed by atoms with Gasteiger partial charge in [-0.05, 0) is 36.9 Å². The number of amides is 3. The van der Waals surface area contributed by atoms with E-state index < -0.39 is 18.0 Å². The second-order valence-electron chi connectivity index (χ2n) is 10.9. The van der Waals surface area contributed by atoms with Crippen molar-refractivity contribution in [1.29, 1.82) is 5.26 Å². The zero-order valence-electron chi connectivity index (χ0n) is 24.1. The van der Waals surface area contributed by atoms with Crippen LogP contribution in [0.2, 0.25) is 0 Å². The van der Waals surface area contributed by atoms with Gasteiger partial charge in [-0.25, -0.2) is 9.78 Å². The van der Waals surface area contributed by atoms with Crippen LogP contribution in [-0.4, -0.2) is 77.7 Å². The number of aromatic nitrogens is 1. The lowest BCUT2D eigenvalue weighted by atomic mass is 9.98. The number of nitriles is 1. The van der Waals surface area contributed by atoms with E-state index in [0.29, 0.717) is 32.6 Å². The summed E-state index contributed by atoms with van der Waals surface area (Å²) in [5, 5.41) is 25.9. The maximum absolute atomic E-state index is 13.4. The third-order valence-corrected chi connectivity index (χ3v) is 8.04. The van der Waals surface area contributed by atoms with E-state index >= 15 is 0 Å². The number of carboxylic acid groups (broad SMARTS) is 1. The summed E-state index contributed by atoms with van der Waals surface area (Å²) in [7, 11) is 0.